The zero-order valence-electron chi connectivity index (χ0n) is 10.8. The summed E-state index contributed by atoms with van der Waals surface area (Å²) >= 11 is 6.74. The lowest BCUT2D eigenvalue weighted by Gasteiger charge is -2.14. The van der Waals surface area contributed by atoms with Gasteiger partial charge in [0, 0.05) is 15.0 Å². The molecule has 2 aromatic carbocycles. The maximum absolute atomic E-state index is 12.7. The van der Waals surface area contributed by atoms with Crippen molar-refractivity contribution in [2.24, 2.45) is 5.73 Å². The number of halogens is 5. The molecule has 21 heavy (non-hydrogen) atoms. The van der Waals surface area contributed by atoms with Gasteiger partial charge in [0.2, 0.25) is 0 Å². The van der Waals surface area contributed by atoms with Gasteiger partial charge in [-0.3, -0.25) is 0 Å². The zero-order valence-corrected chi connectivity index (χ0v) is 14.0. The number of hydrogen-bond acceptors (Lipinski definition) is 1. The molecule has 1 nitrogen and oxygen atoms in total. The van der Waals surface area contributed by atoms with Crippen LogP contribution < -0.4 is 5.73 Å². The molecule has 2 N–H and O–H groups in total. The smallest absolute Gasteiger partial charge is 0.324 e. The van der Waals surface area contributed by atoms with E-state index >= 15 is 0 Å². The van der Waals surface area contributed by atoms with Crippen molar-refractivity contribution in [3.05, 3.63) is 68.1 Å². The van der Waals surface area contributed by atoms with Crippen LogP contribution in [0.3, 0.4) is 0 Å². The summed E-state index contributed by atoms with van der Waals surface area (Å²) in [6, 6.07) is 10.5. The Balaban J connectivity index is 2.21. The van der Waals surface area contributed by atoms with Crippen molar-refractivity contribution in [1.82, 2.24) is 0 Å². The molecule has 0 bridgehead atoms. The summed E-state index contributed by atoms with van der Waals surface area (Å²) in [4.78, 5) is 0. The van der Waals surface area contributed by atoms with E-state index in [4.69, 9.17) is 5.73 Å². The van der Waals surface area contributed by atoms with Crippen LogP contribution in [0, 0.1) is 0 Å². The molecule has 0 heterocycles. The minimum atomic E-state index is -4.33. The Morgan fingerprint density at radius 2 is 1.62 bits per heavy atom. The van der Waals surface area contributed by atoms with Gasteiger partial charge in [-0.25, -0.2) is 0 Å². The monoisotopic (exact) mass is 421 g/mol. The van der Waals surface area contributed by atoms with Crippen LogP contribution in [0.2, 0.25) is 0 Å². The van der Waals surface area contributed by atoms with Crippen LogP contribution in [-0.2, 0) is 12.6 Å². The van der Waals surface area contributed by atoms with E-state index in [9.17, 15) is 13.2 Å². The van der Waals surface area contributed by atoms with Gasteiger partial charge in [0.1, 0.15) is 0 Å². The van der Waals surface area contributed by atoms with E-state index in [1.54, 1.807) is 6.07 Å². The Kier molecular flexibility index (Phi) is 5.11. The molecule has 112 valence electrons. The average Bonchev–Trinajstić information content (AvgIpc) is 2.37. The van der Waals surface area contributed by atoms with Crippen LogP contribution in [0.25, 0.3) is 0 Å². The second-order valence-corrected chi connectivity index (χ2v) is 6.54. The summed E-state index contributed by atoms with van der Waals surface area (Å²) in [5.41, 5.74) is 6.87. The Labute approximate surface area is 137 Å². The number of benzene rings is 2. The third-order valence-electron chi connectivity index (χ3n) is 3.02. The third kappa shape index (κ3) is 4.56. The van der Waals surface area contributed by atoms with Crippen molar-refractivity contribution in [3.8, 4) is 0 Å². The van der Waals surface area contributed by atoms with E-state index in [-0.39, 0.29) is 6.04 Å². The Morgan fingerprint density at radius 1 is 1.00 bits per heavy atom. The summed E-state index contributed by atoms with van der Waals surface area (Å²) in [5, 5.41) is 0. The van der Waals surface area contributed by atoms with Crippen molar-refractivity contribution in [2.75, 3.05) is 0 Å². The SMILES string of the molecule is NC(Cc1cccc(C(F)(F)F)c1)c1cc(Br)cc(Br)c1. The standard InChI is InChI=1S/C15H12Br2F3N/c16-12-6-10(7-13(17)8-12)14(21)5-9-2-1-3-11(4-9)15(18,19)20/h1-4,6-8,14H,5,21H2. The summed E-state index contributed by atoms with van der Waals surface area (Å²) in [7, 11) is 0. The van der Waals surface area contributed by atoms with Gasteiger partial charge in [-0.2, -0.15) is 13.2 Å². The van der Waals surface area contributed by atoms with Gasteiger partial charge in [0.05, 0.1) is 5.56 Å². The fraction of sp³-hybridized carbons (Fsp3) is 0.200. The van der Waals surface area contributed by atoms with Gasteiger partial charge in [-0.1, -0.05) is 50.1 Å². The summed E-state index contributed by atoms with van der Waals surface area (Å²) in [5.74, 6) is 0. The van der Waals surface area contributed by atoms with Crippen molar-refractivity contribution in [1.29, 1.82) is 0 Å². The van der Waals surface area contributed by atoms with Crippen LogP contribution in [-0.4, -0.2) is 0 Å². The molecule has 0 aliphatic rings. The lowest BCUT2D eigenvalue weighted by Crippen LogP contribution is -2.14. The average molecular weight is 423 g/mol. The second-order valence-electron chi connectivity index (χ2n) is 4.71. The molecule has 0 radical (unpaired) electrons. The molecule has 0 aliphatic heterocycles. The molecule has 0 spiro atoms. The van der Waals surface area contributed by atoms with Crippen molar-refractivity contribution in [3.63, 3.8) is 0 Å². The molecule has 2 rings (SSSR count). The van der Waals surface area contributed by atoms with Crippen LogP contribution >= 0.6 is 31.9 Å². The van der Waals surface area contributed by atoms with Gasteiger partial charge >= 0.3 is 6.18 Å². The first-order chi connectivity index (χ1) is 9.75. The second kappa shape index (κ2) is 6.50. The van der Waals surface area contributed by atoms with Crippen LogP contribution in [0.5, 0.6) is 0 Å². The molecule has 0 aromatic heterocycles. The minimum Gasteiger partial charge on any atom is -0.324 e. The van der Waals surface area contributed by atoms with Crippen molar-refractivity contribution >= 4 is 31.9 Å². The maximum atomic E-state index is 12.7. The fourth-order valence-electron chi connectivity index (χ4n) is 2.04. The highest BCUT2D eigenvalue weighted by molar-refractivity contribution is 9.11. The predicted octanol–water partition coefficient (Wildman–Crippen LogP) is 5.47. The largest absolute Gasteiger partial charge is 0.416 e. The normalized spacial score (nSPS) is 13.2. The number of hydrogen-bond donors (Lipinski definition) is 1. The Hall–Kier alpha value is -0.850. The first kappa shape index (κ1) is 16.5. The minimum absolute atomic E-state index is 0.340. The summed E-state index contributed by atoms with van der Waals surface area (Å²) in [6.07, 6.45) is -3.99. The third-order valence-corrected chi connectivity index (χ3v) is 3.94. The lowest BCUT2D eigenvalue weighted by atomic mass is 9.98. The molecular weight excluding hydrogens is 411 g/mol. The van der Waals surface area contributed by atoms with Gasteiger partial charge in [-0.05, 0) is 41.8 Å². The van der Waals surface area contributed by atoms with E-state index in [0.29, 0.717) is 12.0 Å². The van der Waals surface area contributed by atoms with Crippen LogP contribution in [0.1, 0.15) is 22.7 Å². The number of nitrogens with two attached hydrogens (primary N) is 1. The molecule has 0 saturated heterocycles. The summed E-state index contributed by atoms with van der Waals surface area (Å²) in [6.45, 7) is 0. The van der Waals surface area contributed by atoms with E-state index in [2.05, 4.69) is 31.9 Å². The molecule has 6 heteroatoms. The summed E-state index contributed by atoms with van der Waals surface area (Å²) < 4.78 is 39.8. The lowest BCUT2D eigenvalue weighted by molar-refractivity contribution is -0.137. The van der Waals surface area contributed by atoms with Crippen LogP contribution in [0.15, 0.2) is 51.4 Å². The number of rotatable bonds is 3. The molecule has 0 saturated carbocycles. The number of alkyl halides is 3. The molecule has 0 fully saturated rings. The molecule has 2 aromatic rings. The van der Waals surface area contributed by atoms with E-state index < -0.39 is 11.7 Å². The van der Waals surface area contributed by atoms with Gasteiger partial charge in [-0.15, -0.1) is 0 Å². The quantitative estimate of drug-likeness (QED) is 0.696. The van der Waals surface area contributed by atoms with E-state index in [0.717, 1.165) is 26.6 Å². The maximum Gasteiger partial charge on any atom is 0.416 e. The van der Waals surface area contributed by atoms with Crippen molar-refractivity contribution < 1.29 is 13.2 Å². The predicted molar refractivity (Wildman–Crippen MR) is 83.9 cm³/mol. The van der Waals surface area contributed by atoms with Crippen molar-refractivity contribution in [2.45, 2.75) is 18.6 Å². The molecule has 0 aliphatic carbocycles. The van der Waals surface area contributed by atoms with Gasteiger partial charge in [0.15, 0.2) is 0 Å². The molecule has 1 unspecified atom stereocenters. The van der Waals surface area contributed by atoms with E-state index in [1.807, 2.05) is 18.2 Å². The highest BCUT2D eigenvalue weighted by Gasteiger charge is 2.30. The molecule has 0 amide bonds. The fourth-order valence-corrected chi connectivity index (χ4v) is 3.36. The first-order valence-corrected chi connectivity index (χ1v) is 7.72. The topological polar surface area (TPSA) is 26.0 Å². The Bertz CT molecular complexity index is 621. The first-order valence-electron chi connectivity index (χ1n) is 6.13. The Morgan fingerprint density at radius 3 is 2.19 bits per heavy atom. The van der Waals surface area contributed by atoms with Gasteiger partial charge < -0.3 is 5.73 Å². The molecule has 1 atom stereocenters. The molecular formula is C15H12Br2F3N. The van der Waals surface area contributed by atoms with Crippen LogP contribution in [0.4, 0.5) is 13.2 Å². The highest BCUT2D eigenvalue weighted by atomic mass is 79.9. The zero-order chi connectivity index (χ0) is 15.6. The van der Waals surface area contributed by atoms with E-state index in [1.165, 1.54) is 6.07 Å². The van der Waals surface area contributed by atoms with Gasteiger partial charge in [0.25, 0.3) is 0 Å². The highest BCUT2D eigenvalue weighted by Crippen LogP contribution is 2.31.